The summed E-state index contributed by atoms with van der Waals surface area (Å²) in [7, 11) is 1.41. The van der Waals surface area contributed by atoms with E-state index in [2.05, 4.69) is 0 Å². The number of hydrogen-bond donors (Lipinski definition) is 1. The highest BCUT2D eigenvalue weighted by molar-refractivity contribution is 6.00. The lowest BCUT2D eigenvalue weighted by Gasteiger charge is -2.17. The van der Waals surface area contributed by atoms with Gasteiger partial charge in [0.05, 0.1) is 27.8 Å². The Bertz CT molecular complexity index is 1980. The standard InChI is InChI=1S/C29H18O7/c1-33-29-22(23-25(30)18-10-14-6-2-4-8-16(14)12-20(18)34-27(23)31)24-26(36-29)19-11-15-7-3-5-9-17(15)13-21(19)35-28(24)32/h2-13,22,29-30H,1H3. The van der Waals surface area contributed by atoms with E-state index in [1.807, 2.05) is 54.6 Å². The van der Waals surface area contributed by atoms with Crippen LogP contribution in [0, 0.1) is 0 Å². The maximum Gasteiger partial charge on any atom is 0.344 e. The second-order valence-electron chi connectivity index (χ2n) is 8.87. The van der Waals surface area contributed by atoms with Crippen molar-refractivity contribution < 1.29 is 23.4 Å². The minimum Gasteiger partial charge on any atom is -0.507 e. The van der Waals surface area contributed by atoms with E-state index in [-0.39, 0.29) is 28.2 Å². The van der Waals surface area contributed by atoms with Gasteiger partial charge in [0.1, 0.15) is 22.7 Å². The van der Waals surface area contributed by atoms with E-state index < -0.39 is 23.5 Å². The molecule has 0 amide bonds. The summed E-state index contributed by atoms with van der Waals surface area (Å²) in [4.78, 5) is 26.5. The molecule has 36 heavy (non-hydrogen) atoms. The molecule has 176 valence electrons. The molecule has 3 heterocycles. The van der Waals surface area contributed by atoms with E-state index in [0.29, 0.717) is 16.4 Å². The van der Waals surface area contributed by atoms with Crippen LogP contribution < -0.4 is 16.0 Å². The molecular formula is C29H18O7. The molecule has 0 radical (unpaired) electrons. The number of ether oxygens (including phenoxy) is 2. The zero-order valence-electron chi connectivity index (χ0n) is 19.0. The van der Waals surface area contributed by atoms with Crippen LogP contribution in [0.4, 0.5) is 0 Å². The van der Waals surface area contributed by atoms with Gasteiger partial charge in [-0.2, -0.15) is 0 Å². The smallest absolute Gasteiger partial charge is 0.344 e. The normalized spacial score (nSPS) is 17.1. The van der Waals surface area contributed by atoms with Gasteiger partial charge in [0.2, 0.25) is 6.29 Å². The summed E-state index contributed by atoms with van der Waals surface area (Å²) >= 11 is 0. The van der Waals surface area contributed by atoms with Crippen LogP contribution in [0.25, 0.3) is 43.5 Å². The van der Waals surface area contributed by atoms with E-state index >= 15 is 0 Å². The molecule has 2 atom stereocenters. The van der Waals surface area contributed by atoms with E-state index in [1.54, 1.807) is 18.2 Å². The van der Waals surface area contributed by atoms with Crippen molar-refractivity contribution in [2.75, 3.05) is 7.11 Å². The molecule has 0 saturated heterocycles. The fraction of sp³-hybridized carbons (Fsp3) is 0.103. The highest BCUT2D eigenvalue weighted by atomic mass is 16.7. The number of methoxy groups -OCH3 is 1. The Balaban J connectivity index is 1.52. The third-order valence-corrected chi connectivity index (χ3v) is 6.90. The Kier molecular flexibility index (Phi) is 4.28. The summed E-state index contributed by atoms with van der Waals surface area (Å²) in [6.45, 7) is 0. The molecule has 2 aromatic heterocycles. The Morgan fingerprint density at radius 1 is 0.722 bits per heavy atom. The van der Waals surface area contributed by atoms with Crippen molar-refractivity contribution in [1.29, 1.82) is 0 Å². The topological polar surface area (TPSA) is 99.1 Å². The predicted molar refractivity (Wildman–Crippen MR) is 135 cm³/mol. The Morgan fingerprint density at radius 2 is 1.22 bits per heavy atom. The fourth-order valence-corrected chi connectivity index (χ4v) is 5.21. The van der Waals surface area contributed by atoms with Crippen molar-refractivity contribution in [3.63, 3.8) is 0 Å². The van der Waals surface area contributed by atoms with Gasteiger partial charge in [-0.15, -0.1) is 0 Å². The summed E-state index contributed by atoms with van der Waals surface area (Å²) in [6.07, 6.45) is -1.05. The van der Waals surface area contributed by atoms with Crippen molar-refractivity contribution in [3.8, 4) is 11.5 Å². The van der Waals surface area contributed by atoms with Gasteiger partial charge >= 0.3 is 11.3 Å². The van der Waals surface area contributed by atoms with Crippen LogP contribution in [-0.2, 0) is 4.74 Å². The van der Waals surface area contributed by atoms with Crippen LogP contribution in [-0.4, -0.2) is 18.5 Å². The predicted octanol–water partition coefficient (Wildman–Crippen LogP) is 5.41. The maximum absolute atomic E-state index is 13.3. The molecule has 7 rings (SSSR count). The minimum absolute atomic E-state index is 0.104. The van der Waals surface area contributed by atoms with Gasteiger partial charge in [-0.1, -0.05) is 48.5 Å². The third-order valence-electron chi connectivity index (χ3n) is 6.90. The zero-order chi connectivity index (χ0) is 24.6. The molecule has 4 aromatic carbocycles. The average molecular weight is 478 g/mol. The molecular weight excluding hydrogens is 460 g/mol. The molecule has 0 bridgehead atoms. The van der Waals surface area contributed by atoms with Gasteiger partial charge in [-0.05, 0) is 45.8 Å². The van der Waals surface area contributed by atoms with Crippen LogP contribution in [0.1, 0.15) is 17.0 Å². The highest BCUT2D eigenvalue weighted by Gasteiger charge is 2.44. The summed E-state index contributed by atoms with van der Waals surface area (Å²) in [5.41, 5.74) is -0.867. The first-order valence-corrected chi connectivity index (χ1v) is 11.4. The van der Waals surface area contributed by atoms with Gasteiger partial charge in [-0.25, -0.2) is 9.59 Å². The number of hydrogen-bond acceptors (Lipinski definition) is 7. The van der Waals surface area contributed by atoms with Gasteiger partial charge in [0, 0.05) is 7.11 Å². The van der Waals surface area contributed by atoms with Gasteiger partial charge in [-0.3, -0.25) is 0 Å². The summed E-state index contributed by atoms with van der Waals surface area (Å²) in [5.74, 6) is -1.07. The van der Waals surface area contributed by atoms with Crippen LogP contribution >= 0.6 is 0 Å². The van der Waals surface area contributed by atoms with E-state index in [4.69, 9.17) is 18.3 Å². The quantitative estimate of drug-likeness (QED) is 0.262. The molecule has 1 N–H and O–H groups in total. The molecule has 1 aliphatic rings. The Morgan fingerprint density at radius 3 is 1.81 bits per heavy atom. The van der Waals surface area contributed by atoms with Crippen molar-refractivity contribution in [2.24, 2.45) is 0 Å². The molecule has 2 unspecified atom stereocenters. The molecule has 7 heteroatoms. The van der Waals surface area contributed by atoms with Crippen molar-refractivity contribution in [3.05, 3.63) is 105 Å². The third kappa shape index (κ3) is 2.83. The molecule has 0 spiro atoms. The second kappa shape index (κ2) is 7.44. The lowest BCUT2D eigenvalue weighted by Crippen LogP contribution is -2.28. The van der Waals surface area contributed by atoms with Crippen molar-refractivity contribution in [1.82, 2.24) is 0 Å². The summed E-state index contributed by atoms with van der Waals surface area (Å²) in [6, 6.07) is 22.3. The minimum atomic E-state index is -1.05. The number of rotatable bonds is 2. The number of aromatic hydroxyl groups is 1. The Labute approximate surface area is 202 Å². The first-order valence-electron chi connectivity index (χ1n) is 11.4. The SMILES string of the molecule is COC1Oc2c(c(=O)oc3cc4ccccc4cc23)C1c1c(O)c2cc3ccccc3cc2oc1=O. The van der Waals surface area contributed by atoms with Crippen LogP contribution in [0.3, 0.4) is 0 Å². The fourth-order valence-electron chi connectivity index (χ4n) is 5.21. The van der Waals surface area contributed by atoms with E-state index in [0.717, 1.165) is 21.5 Å². The lowest BCUT2D eigenvalue weighted by atomic mass is 9.91. The summed E-state index contributed by atoms with van der Waals surface area (Å²) < 4.78 is 22.9. The van der Waals surface area contributed by atoms with Crippen LogP contribution in [0.5, 0.6) is 11.5 Å². The van der Waals surface area contributed by atoms with Gasteiger partial charge in [0.15, 0.2) is 0 Å². The first kappa shape index (κ1) is 20.7. The molecule has 0 saturated carbocycles. The summed E-state index contributed by atoms with van der Waals surface area (Å²) in [5, 5.41) is 15.8. The zero-order valence-corrected chi connectivity index (χ0v) is 19.0. The number of benzene rings is 4. The largest absolute Gasteiger partial charge is 0.507 e. The van der Waals surface area contributed by atoms with Crippen molar-refractivity contribution in [2.45, 2.75) is 12.2 Å². The lowest BCUT2D eigenvalue weighted by molar-refractivity contribution is -0.0472. The molecule has 0 aliphatic carbocycles. The van der Waals surface area contributed by atoms with E-state index in [9.17, 15) is 14.7 Å². The molecule has 7 nitrogen and oxygen atoms in total. The maximum atomic E-state index is 13.3. The Hall–Kier alpha value is -4.62. The molecule has 1 aliphatic heterocycles. The van der Waals surface area contributed by atoms with Crippen LogP contribution in [0.15, 0.2) is 91.2 Å². The van der Waals surface area contributed by atoms with Crippen LogP contribution in [0.2, 0.25) is 0 Å². The highest BCUT2D eigenvalue weighted by Crippen LogP contribution is 2.47. The molecule has 6 aromatic rings. The second-order valence-corrected chi connectivity index (χ2v) is 8.87. The average Bonchev–Trinajstić information content (AvgIpc) is 3.27. The molecule has 0 fully saturated rings. The monoisotopic (exact) mass is 478 g/mol. The number of fused-ring (bicyclic) bond motifs is 6. The van der Waals surface area contributed by atoms with E-state index in [1.165, 1.54) is 7.11 Å². The van der Waals surface area contributed by atoms with Crippen molar-refractivity contribution >= 4 is 43.5 Å². The first-order chi connectivity index (χ1) is 17.5. The van der Waals surface area contributed by atoms with Gasteiger partial charge in [0.25, 0.3) is 0 Å². The van der Waals surface area contributed by atoms with Gasteiger partial charge < -0.3 is 23.4 Å².